The largest absolute Gasteiger partial charge is 0.480 e. The number of nitrogens with zero attached hydrogens (tertiary/aromatic N) is 1. The highest BCUT2D eigenvalue weighted by molar-refractivity contribution is 5.97. The monoisotopic (exact) mass is 307 g/mol. The zero-order valence-corrected chi connectivity index (χ0v) is 10.3. The van der Waals surface area contributed by atoms with Crippen LogP contribution in [0, 0.1) is 23.3 Å². The minimum absolute atomic E-state index is 0.152. The lowest BCUT2D eigenvalue weighted by Gasteiger charge is -2.21. The number of hydrogen-bond donors (Lipinski definition) is 2. The summed E-state index contributed by atoms with van der Waals surface area (Å²) in [5.41, 5.74) is -1.13. The molecule has 0 aromatic heterocycles. The summed E-state index contributed by atoms with van der Waals surface area (Å²) in [5, 5.41) is 18.3. The van der Waals surface area contributed by atoms with E-state index in [1.165, 1.54) is 0 Å². The fourth-order valence-electron chi connectivity index (χ4n) is 2.16. The van der Waals surface area contributed by atoms with E-state index in [9.17, 15) is 32.3 Å². The van der Waals surface area contributed by atoms with E-state index < -0.39 is 59.4 Å². The molecular formula is C12H9F4NO4. The number of hydrogen-bond acceptors (Lipinski definition) is 3. The van der Waals surface area contributed by atoms with Crippen molar-refractivity contribution in [2.45, 2.75) is 18.6 Å². The highest BCUT2D eigenvalue weighted by Gasteiger charge is 2.40. The highest BCUT2D eigenvalue weighted by atomic mass is 19.2. The Morgan fingerprint density at radius 3 is 2.33 bits per heavy atom. The van der Waals surface area contributed by atoms with Crippen molar-refractivity contribution < 1.29 is 37.4 Å². The number of aliphatic hydroxyl groups excluding tert-OH is 1. The Bertz CT molecular complexity index is 622. The molecule has 1 amide bonds. The molecule has 114 valence electrons. The Labute approximate surface area is 115 Å². The molecule has 0 spiro atoms. The number of halogens is 4. The van der Waals surface area contributed by atoms with E-state index in [-0.39, 0.29) is 12.5 Å². The van der Waals surface area contributed by atoms with E-state index >= 15 is 0 Å². The predicted octanol–water partition coefficient (Wildman–Crippen LogP) is 0.903. The van der Waals surface area contributed by atoms with Crippen LogP contribution in [0.2, 0.25) is 0 Å². The second-order valence-electron chi connectivity index (χ2n) is 4.55. The maximum Gasteiger partial charge on any atom is 0.326 e. The van der Waals surface area contributed by atoms with Gasteiger partial charge < -0.3 is 15.1 Å². The first-order valence-electron chi connectivity index (χ1n) is 5.78. The fourth-order valence-corrected chi connectivity index (χ4v) is 2.16. The van der Waals surface area contributed by atoms with Crippen LogP contribution in [-0.2, 0) is 4.79 Å². The van der Waals surface area contributed by atoms with Gasteiger partial charge in [0, 0.05) is 13.0 Å². The van der Waals surface area contributed by atoms with Crippen LogP contribution >= 0.6 is 0 Å². The molecule has 1 heterocycles. The number of aliphatic hydroxyl groups is 1. The Hall–Kier alpha value is -2.16. The van der Waals surface area contributed by atoms with E-state index in [1.54, 1.807) is 0 Å². The number of β-amino-alcohol motifs (C(OH)–C–C–N with tert-alkyl or cyclic N) is 1. The zero-order chi connectivity index (χ0) is 15.9. The van der Waals surface area contributed by atoms with Crippen LogP contribution in [-0.4, -0.2) is 45.7 Å². The third-order valence-corrected chi connectivity index (χ3v) is 3.16. The minimum Gasteiger partial charge on any atom is -0.480 e. The Morgan fingerprint density at radius 2 is 1.76 bits per heavy atom. The van der Waals surface area contributed by atoms with Gasteiger partial charge in [0.25, 0.3) is 5.91 Å². The number of carboxylic acid groups (broad SMARTS) is 1. The van der Waals surface area contributed by atoms with Crippen molar-refractivity contribution >= 4 is 11.9 Å². The number of amides is 1. The van der Waals surface area contributed by atoms with E-state index in [0.717, 1.165) is 0 Å². The van der Waals surface area contributed by atoms with Crippen LogP contribution < -0.4 is 0 Å². The maximum absolute atomic E-state index is 13.5. The van der Waals surface area contributed by atoms with Gasteiger partial charge >= 0.3 is 5.97 Å². The molecular weight excluding hydrogens is 298 g/mol. The molecule has 2 rings (SSSR count). The molecule has 0 saturated carbocycles. The first-order chi connectivity index (χ1) is 9.73. The van der Waals surface area contributed by atoms with Gasteiger partial charge in [-0.05, 0) is 6.07 Å². The molecule has 0 radical (unpaired) electrons. The molecule has 21 heavy (non-hydrogen) atoms. The van der Waals surface area contributed by atoms with Crippen molar-refractivity contribution in [1.29, 1.82) is 0 Å². The highest BCUT2D eigenvalue weighted by Crippen LogP contribution is 2.25. The summed E-state index contributed by atoms with van der Waals surface area (Å²) in [6.07, 6.45) is -1.46. The normalized spacial score (nSPS) is 21.7. The summed E-state index contributed by atoms with van der Waals surface area (Å²) in [6.45, 7) is -0.435. The van der Waals surface area contributed by atoms with Crippen molar-refractivity contribution in [3.63, 3.8) is 0 Å². The molecule has 2 atom stereocenters. The lowest BCUT2D eigenvalue weighted by atomic mass is 10.1. The molecule has 1 aromatic carbocycles. The topological polar surface area (TPSA) is 77.8 Å². The molecule has 0 aliphatic carbocycles. The standard InChI is InChI=1S/C12H9F4NO4/c13-6-2-5(8(14)10(16)9(6)15)11(19)17-3-4(18)1-7(17)12(20)21/h2,4,7,18H,1,3H2,(H,20,21)/t4-,7+/m1/s1. The van der Waals surface area contributed by atoms with Crippen molar-refractivity contribution in [3.05, 3.63) is 34.9 Å². The molecule has 1 aromatic rings. The summed E-state index contributed by atoms with van der Waals surface area (Å²) in [5.74, 6) is -10.7. The molecule has 1 fully saturated rings. The lowest BCUT2D eigenvalue weighted by molar-refractivity contribution is -0.141. The number of likely N-dealkylation sites (tertiary alicyclic amines) is 1. The number of rotatable bonds is 2. The van der Waals surface area contributed by atoms with Gasteiger partial charge in [-0.25, -0.2) is 22.4 Å². The van der Waals surface area contributed by atoms with Crippen LogP contribution in [0.5, 0.6) is 0 Å². The van der Waals surface area contributed by atoms with Crippen LogP contribution in [0.4, 0.5) is 17.6 Å². The molecule has 2 N–H and O–H groups in total. The molecule has 1 aliphatic heterocycles. The third-order valence-electron chi connectivity index (χ3n) is 3.16. The Kier molecular flexibility index (Phi) is 3.86. The number of carbonyl (C=O) groups excluding carboxylic acids is 1. The number of benzene rings is 1. The molecule has 0 bridgehead atoms. The summed E-state index contributed by atoms with van der Waals surface area (Å²) in [4.78, 5) is 23.5. The van der Waals surface area contributed by atoms with Gasteiger partial charge in [0.1, 0.15) is 6.04 Å². The fraction of sp³-hybridized carbons (Fsp3) is 0.333. The van der Waals surface area contributed by atoms with E-state index in [2.05, 4.69) is 0 Å². The summed E-state index contributed by atoms with van der Waals surface area (Å²) in [6, 6.07) is -1.30. The zero-order valence-electron chi connectivity index (χ0n) is 10.3. The number of carbonyl (C=O) groups is 2. The van der Waals surface area contributed by atoms with Crippen molar-refractivity contribution in [1.82, 2.24) is 4.90 Å². The molecule has 1 aliphatic rings. The van der Waals surface area contributed by atoms with E-state index in [1.807, 2.05) is 0 Å². The average Bonchev–Trinajstić information content (AvgIpc) is 2.82. The first kappa shape index (κ1) is 15.2. The molecule has 5 nitrogen and oxygen atoms in total. The number of carboxylic acids is 1. The van der Waals surface area contributed by atoms with Gasteiger partial charge in [0.15, 0.2) is 23.3 Å². The van der Waals surface area contributed by atoms with Gasteiger partial charge in [0.2, 0.25) is 0 Å². The quantitative estimate of drug-likeness (QED) is 0.483. The molecule has 0 unspecified atom stereocenters. The van der Waals surface area contributed by atoms with Gasteiger partial charge in [-0.3, -0.25) is 4.79 Å². The van der Waals surface area contributed by atoms with Gasteiger partial charge in [-0.2, -0.15) is 0 Å². The minimum atomic E-state index is -2.16. The summed E-state index contributed by atoms with van der Waals surface area (Å²) >= 11 is 0. The summed E-state index contributed by atoms with van der Waals surface area (Å²) < 4.78 is 52.5. The lowest BCUT2D eigenvalue weighted by Crippen LogP contribution is -2.41. The van der Waals surface area contributed by atoms with Crippen molar-refractivity contribution in [3.8, 4) is 0 Å². The van der Waals surface area contributed by atoms with Gasteiger partial charge in [-0.15, -0.1) is 0 Å². The average molecular weight is 307 g/mol. The van der Waals surface area contributed by atoms with Crippen molar-refractivity contribution in [2.75, 3.05) is 6.54 Å². The first-order valence-corrected chi connectivity index (χ1v) is 5.78. The second-order valence-corrected chi connectivity index (χ2v) is 4.55. The van der Waals surface area contributed by atoms with Crippen molar-refractivity contribution in [2.24, 2.45) is 0 Å². The van der Waals surface area contributed by atoms with Gasteiger partial charge in [0.05, 0.1) is 11.7 Å². The molecule has 1 saturated heterocycles. The van der Waals surface area contributed by atoms with Crippen LogP contribution in [0.25, 0.3) is 0 Å². The summed E-state index contributed by atoms with van der Waals surface area (Å²) in [7, 11) is 0. The smallest absolute Gasteiger partial charge is 0.326 e. The van der Waals surface area contributed by atoms with Crippen LogP contribution in [0.1, 0.15) is 16.8 Å². The Morgan fingerprint density at radius 1 is 1.14 bits per heavy atom. The maximum atomic E-state index is 13.5. The van der Waals surface area contributed by atoms with Crippen LogP contribution in [0.15, 0.2) is 6.07 Å². The van der Waals surface area contributed by atoms with Gasteiger partial charge in [-0.1, -0.05) is 0 Å². The van der Waals surface area contributed by atoms with E-state index in [4.69, 9.17) is 5.11 Å². The number of aliphatic carboxylic acids is 1. The SMILES string of the molecule is O=C(O)[C@@H]1C[C@@H](O)CN1C(=O)c1cc(F)c(F)c(F)c1F. The second kappa shape index (κ2) is 5.32. The Balaban J connectivity index is 2.43. The molecule has 9 heteroatoms. The third kappa shape index (κ3) is 2.56. The van der Waals surface area contributed by atoms with E-state index in [0.29, 0.717) is 4.90 Å². The van der Waals surface area contributed by atoms with Crippen LogP contribution in [0.3, 0.4) is 0 Å². The predicted molar refractivity (Wildman–Crippen MR) is 59.4 cm³/mol.